The molecule has 58 heavy (non-hydrogen) atoms. The fourth-order valence-corrected chi connectivity index (χ4v) is 7.86. The van der Waals surface area contributed by atoms with Gasteiger partial charge >= 0.3 is 11.9 Å². The number of hydrogen-bond acceptors (Lipinski definition) is 5. The van der Waals surface area contributed by atoms with E-state index in [0.29, 0.717) is 26.1 Å². The van der Waals surface area contributed by atoms with Crippen LogP contribution < -0.4 is 0 Å². The molecule has 0 saturated heterocycles. The summed E-state index contributed by atoms with van der Waals surface area (Å²) in [5.74, 6) is -0.379. The molecule has 1 atom stereocenters. The van der Waals surface area contributed by atoms with Crippen LogP contribution in [-0.4, -0.2) is 37.9 Å². The number of unbranched alkanes of at least 4 members (excludes halogenated alkanes) is 36. The molecule has 0 aliphatic heterocycles. The van der Waals surface area contributed by atoms with Gasteiger partial charge in [-0.1, -0.05) is 245 Å². The van der Waals surface area contributed by atoms with Crippen molar-refractivity contribution in [1.29, 1.82) is 0 Å². The van der Waals surface area contributed by atoms with Gasteiger partial charge in [0.15, 0.2) is 6.10 Å². The third kappa shape index (κ3) is 47.3. The van der Waals surface area contributed by atoms with Crippen LogP contribution >= 0.6 is 0 Å². The van der Waals surface area contributed by atoms with Crippen LogP contribution in [0.3, 0.4) is 0 Å². The molecule has 0 heterocycles. The molecular formula is C53H102O5. The van der Waals surface area contributed by atoms with E-state index in [2.05, 4.69) is 32.9 Å². The van der Waals surface area contributed by atoms with E-state index in [4.69, 9.17) is 14.2 Å². The van der Waals surface area contributed by atoms with Crippen molar-refractivity contribution in [3.8, 4) is 0 Å². The molecule has 0 N–H and O–H groups in total. The summed E-state index contributed by atoms with van der Waals surface area (Å²) in [6.45, 7) is 7.86. The number of rotatable bonds is 49. The Hall–Kier alpha value is -1.36. The Morgan fingerprint density at radius 1 is 0.362 bits per heavy atom. The first-order chi connectivity index (χ1) is 28.6. The molecule has 0 spiro atoms. The smallest absolute Gasteiger partial charge is 0.306 e. The van der Waals surface area contributed by atoms with Gasteiger partial charge in [0, 0.05) is 19.4 Å². The molecule has 0 fully saturated rings. The Kier molecular flexibility index (Phi) is 48.8. The van der Waals surface area contributed by atoms with E-state index in [1.54, 1.807) is 0 Å². The quantitative estimate of drug-likeness (QED) is 0.0348. The number of carbonyl (C=O) groups is 2. The Balaban J connectivity index is 4.21. The third-order valence-corrected chi connectivity index (χ3v) is 11.8. The number of hydrogen-bond donors (Lipinski definition) is 0. The lowest BCUT2D eigenvalue weighted by atomic mass is 10.0. The molecule has 0 amide bonds. The zero-order valence-electron chi connectivity index (χ0n) is 39.6. The molecule has 5 heteroatoms. The molecule has 0 aromatic heterocycles. The summed E-state index contributed by atoms with van der Waals surface area (Å²) in [5, 5.41) is 0. The minimum Gasteiger partial charge on any atom is -0.462 e. The molecule has 0 bridgehead atoms. The largest absolute Gasteiger partial charge is 0.462 e. The lowest BCUT2D eigenvalue weighted by Gasteiger charge is -2.18. The second-order valence-corrected chi connectivity index (χ2v) is 17.8. The molecule has 0 aromatic carbocycles. The number of esters is 2. The average molecular weight is 819 g/mol. The second kappa shape index (κ2) is 50.0. The lowest BCUT2D eigenvalue weighted by Crippen LogP contribution is -2.30. The maximum Gasteiger partial charge on any atom is 0.306 e. The lowest BCUT2D eigenvalue weighted by molar-refractivity contribution is -0.163. The zero-order chi connectivity index (χ0) is 42.1. The SMILES string of the molecule is CCCCCC/C=C\CCCCCCCCOCC(COC(=O)CCCCCCCCCCCCCCCCC)OC(=O)CCCCCCCCCCCCCCC. The first kappa shape index (κ1) is 56.6. The summed E-state index contributed by atoms with van der Waals surface area (Å²) in [6, 6.07) is 0. The van der Waals surface area contributed by atoms with Gasteiger partial charge in [-0.25, -0.2) is 0 Å². The summed E-state index contributed by atoms with van der Waals surface area (Å²) >= 11 is 0. The predicted molar refractivity (Wildman–Crippen MR) is 252 cm³/mol. The van der Waals surface area contributed by atoms with Crippen LogP contribution in [0.5, 0.6) is 0 Å². The summed E-state index contributed by atoms with van der Waals surface area (Å²) in [6.07, 6.45) is 56.4. The molecule has 0 aromatic rings. The van der Waals surface area contributed by atoms with Crippen LogP contribution in [0.1, 0.15) is 290 Å². The molecule has 5 nitrogen and oxygen atoms in total. The van der Waals surface area contributed by atoms with Gasteiger partial charge in [-0.3, -0.25) is 9.59 Å². The van der Waals surface area contributed by atoms with Crippen molar-refractivity contribution >= 4 is 11.9 Å². The first-order valence-corrected chi connectivity index (χ1v) is 26.2. The summed E-state index contributed by atoms with van der Waals surface area (Å²) in [4.78, 5) is 25.4. The van der Waals surface area contributed by atoms with Crippen molar-refractivity contribution in [1.82, 2.24) is 0 Å². The van der Waals surface area contributed by atoms with Gasteiger partial charge in [0.1, 0.15) is 6.61 Å². The van der Waals surface area contributed by atoms with Gasteiger partial charge in [-0.05, 0) is 44.9 Å². The summed E-state index contributed by atoms with van der Waals surface area (Å²) in [5.41, 5.74) is 0. The van der Waals surface area contributed by atoms with E-state index < -0.39 is 6.10 Å². The van der Waals surface area contributed by atoms with Crippen LogP contribution in [0, 0.1) is 0 Å². The molecule has 1 unspecified atom stereocenters. The minimum atomic E-state index is -0.529. The molecule has 0 aliphatic rings. The fraction of sp³-hybridized carbons (Fsp3) is 0.925. The van der Waals surface area contributed by atoms with Crippen molar-refractivity contribution in [2.45, 2.75) is 297 Å². The standard InChI is InChI=1S/C53H102O5/c1-4-7-10-13-16-19-22-25-27-29-31-34-37-40-43-46-52(54)57-50-51(49-56-48-45-42-39-36-33-30-26-23-20-17-14-11-8-5-2)58-53(55)47-44-41-38-35-32-28-24-21-18-15-12-9-6-3/h20,23,51H,4-19,21-22,24-50H2,1-3H3/b23-20-. The molecular weight excluding hydrogens is 717 g/mol. The highest BCUT2D eigenvalue weighted by atomic mass is 16.6. The van der Waals surface area contributed by atoms with E-state index in [1.807, 2.05) is 0 Å². The van der Waals surface area contributed by atoms with Gasteiger partial charge < -0.3 is 14.2 Å². The molecule has 0 saturated carbocycles. The highest BCUT2D eigenvalue weighted by Crippen LogP contribution is 2.16. The minimum absolute atomic E-state index is 0.0924. The molecule has 0 radical (unpaired) electrons. The van der Waals surface area contributed by atoms with E-state index in [1.165, 1.54) is 218 Å². The molecule has 0 rings (SSSR count). The maximum atomic E-state index is 12.8. The summed E-state index contributed by atoms with van der Waals surface area (Å²) in [7, 11) is 0. The van der Waals surface area contributed by atoms with Gasteiger partial charge in [-0.15, -0.1) is 0 Å². The maximum absolute atomic E-state index is 12.8. The van der Waals surface area contributed by atoms with Crippen LogP contribution in [0.25, 0.3) is 0 Å². The van der Waals surface area contributed by atoms with E-state index in [9.17, 15) is 9.59 Å². The zero-order valence-corrected chi connectivity index (χ0v) is 39.6. The number of carbonyl (C=O) groups excluding carboxylic acids is 2. The number of ether oxygens (including phenoxy) is 3. The van der Waals surface area contributed by atoms with E-state index >= 15 is 0 Å². The Bertz CT molecular complexity index is 840. The van der Waals surface area contributed by atoms with E-state index in [0.717, 1.165) is 38.5 Å². The van der Waals surface area contributed by atoms with Gasteiger partial charge in [-0.2, -0.15) is 0 Å². The Labute approximate surface area is 363 Å². The van der Waals surface area contributed by atoms with Crippen molar-refractivity contribution in [3.63, 3.8) is 0 Å². The third-order valence-electron chi connectivity index (χ3n) is 11.8. The second-order valence-electron chi connectivity index (χ2n) is 17.8. The topological polar surface area (TPSA) is 61.8 Å². The predicted octanol–water partition coefficient (Wildman–Crippen LogP) is 17.5. The highest BCUT2D eigenvalue weighted by molar-refractivity contribution is 5.70. The normalized spacial score (nSPS) is 12.1. The van der Waals surface area contributed by atoms with Crippen molar-refractivity contribution < 1.29 is 23.8 Å². The average Bonchev–Trinajstić information content (AvgIpc) is 3.22. The van der Waals surface area contributed by atoms with Crippen LogP contribution in [0.4, 0.5) is 0 Å². The van der Waals surface area contributed by atoms with Gasteiger partial charge in [0.25, 0.3) is 0 Å². The molecule has 0 aliphatic carbocycles. The van der Waals surface area contributed by atoms with Crippen LogP contribution in [-0.2, 0) is 23.8 Å². The Morgan fingerprint density at radius 3 is 1.07 bits per heavy atom. The van der Waals surface area contributed by atoms with Gasteiger partial charge in [0.05, 0.1) is 6.61 Å². The van der Waals surface area contributed by atoms with Crippen LogP contribution in [0.15, 0.2) is 12.2 Å². The van der Waals surface area contributed by atoms with Crippen molar-refractivity contribution in [2.24, 2.45) is 0 Å². The van der Waals surface area contributed by atoms with E-state index in [-0.39, 0.29) is 18.5 Å². The Morgan fingerprint density at radius 2 is 0.672 bits per heavy atom. The fourth-order valence-electron chi connectivity index (χ4n) is 7.86. The first-order valence-electron chi connectivity index (χ1n) is 26.2. The highest BCUT2D eigenvalue weighted by Gasteiger charge is 2.17. The van der Waals surface area contributed by atoms with Gasteiger partial charge in [0.2, 0.25) is 0 Å². The van der Waals surface area contributed by atoms with Crippen molar-refractivity contribution in [3.05, 3.63) is 12.2 Å². The van der Waals surface area contributed by atoms with Crippen molar-refractivity contribution in [2.75, 3.05) is 19.8 Å². The van der Waals surface area contributed by atoms with Crippen LogP contribution in [0.2, 0.25) is 0 Å². The monoisotopic (exact) mass is 819 g/mol. The number of allylic oxidation sites excluding steroid dienone is 2. The molecule has 344 valence electrons. The summed E-state index contributed by atoms with van der Waals surface area (Å²) < 4.78 is 17.4.